The van der Waals surface area contributed by atoms with Crippen LogP contribution in [-0.2, 0) is 19.6 Å². The van der Waals surface area contributed by atoms with Gasteiger partial charge in [0.15, 0.2) is 6.61 Å². The first kappa shape index (κ1) is 21.1. The second-order valence-corrected chi connectivity index (χ2v) is 7.66. The highest BCUT2D eigenvalue weighted by Crippen LogP contribution is 2.12. The van der Waals surface area contributed by atoms with E-state index in [0.717, 1.165) is 25.7 Å². The van der Waals surface area contributed by atoms with Crippen molar-refractivity contribution >= 4 is 21.9 Å². The van der Waals surface area contributed by atoms with Crippen LogP contribution < -0.4 is 10.0 Å². The van der Waals surface area contributed by atoms with Crippen LogP contribution >= 0.6 is 0 Å². The minimum absolute atomic E-state index is 0.0156. The number of rotatable bonds is 10. The predicted molar refractivity (Wildman–Crippen MR) is 94.7 cm³/mol. The Labute approximate surface area is 149 Å². The summed E-state index contributed by atoms with van der Waals surface area (Å²) in [5.74, 6) is -1.13. The predicted octanol–water partition coefficient (Wildman–Crippen LogP) is 1.84. The summed E-state index contributed by atoms with van der Waals surface area (Å²) in [6, 6.07) is 5.47. The Morgan fingerprint density at radius 3 is 2.60 bits per heavy atom. The molecule has 0 aliphatic heterocycles. The van der Waals surface area contributed by atoms with Gasteiger partial charge in [-0.3, -0.25) is 4.79 Å². The number of nitrogens with one attached hydrogen (secondary N) is 2. The lowest BCUT2D eigenvalue weighted by atomic mass is 10.1. The van der Waals surface area contributed by atoms with Crippen LogP contribution in [0.1, 0.15) is 49.9 Å². The SMILES string of the molecule is CCCCC[C@@H](C)NC(=O)COC(=O)c1cccc(S(=O)(=O)NC)c1. The van der Waals surface area contributed by atoms with Crippen molar-refractivity contribution in [3.8, 4) is 0 Å². The summed E-state index contributed by atoms with van der Waals surface area (Å²) in [7, 11) is -2.37. The molecule has 0 saturated carbocycles. The Hall–Kier alpha value is -1.93. The lowest BCUT2D eigenvalue weighted by Gasteiger charge is -2.13. The average Bonchev–Trinajstić information content (AvgIpc) is 2.60. The molecule has 25 heavy (non-hydrogen) atoms. The van der Waals surface area contributed by atoms with Crippen molar-refractivity contribution < 1.29 is 22.7 Å². The van der Waals surface area contributed by atoms with Crippen LogP contribution in [-0.4, -0.2) is 40.0 Å². The molecule has 0 heterocycles. The molecule has 8 heteroatoms. The first-order valence-electron chi connectivity index (χ1n) is 8.30. The molecule has 7 nitrogen and oxygen atoms in total. The fourth-order valence-electron chi connectivity index (χ4n) is 2.21. The zero-order valence-corrected chi connectivity index (χ0v) is 15.7. The summed E-state index contributed by atoms with van der Waals surface area (Å²) >= 11 is 0. The monoisotopic (exact) mass is 370 g/mol. The average molecular weight is 370 g/mol. The van der Waals surface area contributed by atoms with E-state index in [1.807, 2.05) is 6.92 Å². The zero-order chi connectivity index (χ0) is 18.9. The molecule has 0 unspecified atom stereocenters. The molecular weight excluding hydrogens is 344 g/mol. The largest absolute Gasteiger partial charge is 0.452 e. The van der Waals surface area contributed by atoms with E-state index < -0.39 is 22.6 Å². The number of unbranched alkanes of at least 4 members (excludes halogenated alkanes) is 2. The summed E-state index contributed by atoms with van der Waals surface area (Å²) in [5, 5.41) is 2.77. The molecule has 1 atom stereocenters. The fraction of sp³-hybridized carbons (Fsp3) is 0.529. The van der Waals surface area contributed by atoms with Crippen molar-refractivity contribution in [3.63, 3.8) is 0 Å². The van der Waals surface area contributed by atoms with Crippen molar-refractivity contribution in [1.29, 1.82) is 0 Å². The van der Waals surface area contributed by atoms with Crippen LogP contribution in [0.3, 0.4) is 0 Å². The highest BCUT2D eigenvalue weighted by molar-refractivity contribution is 7.89. The lowest BCUT2D eigenvalue weighted by Crippen LogP contribution is -2.35. The van der Waals surface area contributed by atoms with Gasteiger partial charge in [0.1, 0.15) is 0 Å². The third-order valence-corrected chi connectivity index (χ3v) is 5.04. The van der Waals surface area contributed by atoms with E-state index in [1.54, 1.807) is 0 Å². The highest BCUT2D eigenvalue weighted by Gasteiger charge is 2.16. The number of hydrogen-bond donors (Lipinski definition) is 2. The first-order chi connectivity index (χ1) is 11.8. The molecular formula is C17H26N2O5S. The van der Waals surface area contributed by atoms with Gasteiger partial charge in [-0.05, 0) is 38.6 Å². The van der Waals surface area contributed by atoms with E-state index in [4.69, 9.17) is 4.74 Å². The van der Waals surface area contributed by atoms with Gasteiger partial charge in [0.2, 0.25) is 10.0 Å². The summed E-state index contributed by atoms with van der Waals surface area (Å²) < 4.78 is 30.6. The van der Waals surface area contributed by atoms with Gasteiger partial charge < -0.3 is 10.1 Å². The van der Waals surface area contributed by atoms with E-state index in [0.29, 0.717) is 0 Å². The number of esters is 1. The Bertz CT molecular complexity index is 688. The molecule has 0 bridgehead atoms. The second-order valence-electron chi connectivity index (χ2n) is 5.78. The van der Waals surface area contributed by atoms with Gasteiger partial charge in [0.25, 0.3) is 5.91 Å². The summed E-state index contributed by atoms with van der Waals surface area (Å²) in [5.41, 5.74) is 0.0696. The number of benzene rings is 1. The van der Waals surface area contributed by atoms with Gasteiger partial charge >= 0.3 is 5.97 Å². The van der Waals surface area contributed by atoms with Crippen molar-refractivity contribution in [2.75, 3.05) is 13.7 Å². The summed E-state index contributed by atoms with van der Waals surface area (Å²) in [6.07, 6.45) is 4.13. The van der Waals surface area contributed by atoms with E-state index in [-0.39, 0.29) is 22.4 Å². The van der Waals surface area contributed by atoms with Crippen molar-refractivity contribution in [2.45, 2.75) is 50.5 Å². The molecule has 0 spiro atoms. The quantitative estimate of drug-likeness (QED) is 0.483. The lowest BCUT2D eigenvalue weighted by molar-refractivity contribution is -0.124. The third kappa shape index (κ3) is 7.23. The summed E-state index contributed by atoms with van der Waals surface area (Å²) in [6.45, 7) is 3.61. The van der Waals surface area contributed by atoms with E-state index in [2.05, 4.69) is 17.0 Å². The van der Waals surface area contributed by atoms with Gasteiger partial charge in [-0.2, -0.15) is 0 Å². The van der Waals surface area contributed by atoms with E-state index in [1.165, 1.54) is 31.3 Å². The number of ether oxygens (including phenoxy) is 1. The molecule has 0 aromatic heterocycles. The van der Waals surface area contributed by atoms with Gasteiger partial charge in [0.05, 0.1) is 10.5 Å². The second kappa shape index (κ2) is 10.1. The van der Waals surface area contributed by atoms with Crippen LogP contribution in [0, 0.1) is 0 Å². The molecule has 1 rings (SSSR count). The van der Waals surface area contributed by atoms with E-state index >= 15 is 0 Å². The Morgan fingerprint density at radius 1 is 1.24 bits per heavy atom. The Balaban J connectivity index is 2.54. The maximum absolute atomic E-state index is 12.0. The van der Waals surface area contributed by atoms with Crippen LogP contribution in [0.4, 0.5) is 0 Å². The van der Waals surface area contributed by atoms with Gasteiger partial charge in [-0.15, -0.1) is 0 Å². The molecule has 1 amide bonds. The van der Waals surface area contributed by atoms with Crippen LogP contribution in [0.15, 0.2) is 29.2 Å². The van der Waals surface area contributed by atoms with Crippen LogP contribution in [0.25, 0.3) is 0 Å². The minimum Gasteiger partial charge on any atom is -0.452 e. The molecule has 0 saturated heterocycles. The van der Waals surface area contributed by atoms with Crippen LogP contribution in [0.5, 0.6) is 0 Å². The molecule has 1 aromatic rings. The first-order valence-corrected chi connectivity index (χ1v) is 9.78. The normalized spacial score (nSPS) is 12.4. The molecule has 1 aromatic carbocycles. The van der Waals surface area contributed by atoms with Crippen molar-refractivity contribution in [1.82, 2.24) is 10.0 Å². The smallest absolute Gasteiger partial charge is 0.338 e. The summed E-state index contributed by atoms with van der Waals surface area (Å²) in [4.78, 5) is 23.8. The molecule has 0 fully saturated rings. The number of sulfonamides is 1. The Kier molecular flexibility index (Phi) is 8.57. The maximum Gasteiger partial charge on any atom is 0.338 e. The fourth-order valence-corrected chi connectivity index (χ4v) is 2.99. The molecule has 0 aliphatic carbocycles. The maximum atomic E-state index is 12.0. The number of carbonyl (C=O) groups is 2. The topological polar surface area (TPSA) is 102 Å². The molecule has 0 aliphatic rings. The van der Waals surface area contributed by atoms with Crippen molar-refractivity contribution in [2.24, 2.45) is 0 Å². The standard InChI is InChI=1S/C17H26N2O5S/c1-4-5-6-8-13(2)19-16(20)12-24-17(21)14-9-7-10-15(11-14)25(22,23)18-3/h7,9-11,13,18H,4-6,8,12H2,1-3H3,(H,19,20)/t13-/m1/s1. The molecule has 0 radical (unpaired) electrons. The highest BCUT2D eigenvalue weighted by atomic mass is 32.2. The number of amides is 1. The van der Waals surface area contributed by atoms with Gasteiger partial charge in [-0.25, -0.2) is 17.9 Å². The Morgan fingerprint density at radius 2 is 1.96 bits per heavy atom. The molecule has 140 valence electrons. The van der Waals surface area contributed by atoms with Crippen LogP contribution in [0.2, 0.25) is 0 Å². The van der Waals surface area contributed by atoms with E-state index in [9.17, 15) is 18.0 Å². The van der Waals surface area contributed by atoms with Crippen molar-refractivity contribution in [3.05, 3.63) is 29.8 Å². The van der Waals surface area contributed by atoms with Gasteiger partial charge in [0, 0.05) is 6.04 Å². The third-order valence-electron chi connectivity index (χ3n) is 3.63. The number of hydrogen-bond acceptors (Lipinski definition) is 5. The minimum atomic E-state index is -3.65. The molecule has 2 N–H and O–H groups in total. The van der Waals surface area contributed by atoms with Gasteiger partial charge in [-0.1, -0.05) is 32.3 Å². The zero-order valence-electron chi connectivity index (χ0n) is 14.9. The number of carbonyl (C=O) groups excluding carboxylic acids is 2.